The molecule has 0 amide bonds. The number of carbonyl (C=O) groups excluding carboxylic acids is 1. The summed E-state index contributed by atoms with van der Waals surface area (Å²) in [6.07, 6.45) is 1.36. The van der Waals surface area contributed by atoms with Crippen molar-refractivity contribution in [2.45, 2.75) is 12.8 Å². The van der Waals surface area contributed by atoms with Gasteiger partial charge in [0.1, 0.15) is 5.82 Å². The first-order chi connectivity index (χ1) is 8.75. The molecule has 0 atom stereocenters. The maximum Gasteiger partial charge on any atom is 0.162 e. The van der Waals surface area contributed by atoms with Crippen LogP contribution in [-0.4, -0.2) is 43.5 Å². The van der Waals surface area contributed by atoms with E-state index in [1.54, 1.807) is 12.1 Å². The second kappa shape index (κ2) is 6.61. The molecule has 0 unspecified atom stereocenters. The lowest BCUT2D eigenvalue weighted by molar-refractivity contribution is 0.0371. The van der Waals surface area contributed by atoms with Crippen LogP contribution in [0.4, 0.5) is 4.39 Å². The highest BCUT2D eigenvalue weighted by atomic mass is 19.1. The van der Waals surface area contributed by atoms with Crippen LogP contribution in [0.5, 0.6) is 0 Å². The van der Waals surface area contributed by atoms with Crippen LogP contribution in [0.25, 0.3) is 0 Å². The van der Waals surface area contributed by atoms with Gasteiger partial charge in [0.15, 0.2) is 5.78 Å². The Balaban J connectivity index is 1.72. The minimum atomic E-state index is -0.306. The maximum absolute atomic E-state index is 12.7. The molecule has 1 saturated heterocycles. The van der Waals surface area contributed by atoms with E-state index in [9.17, 15) is 9.18 Å². The van der Waals surface area contributed by atoms with E-state index in [1.165, 1.54) is 12.1 Å². The largest absolute Gasteiger partial charge is 0.379 e. The van der Waals surface area contributed by atoms with Gasteiger partial charge in [0.25, 0.3) is 0 Å². The molecular formula is C14H18FNO2. The number of ether oxygens (including phenoxy) is 1. The van der Waals surface area contributed by atoms with Gasteiger partial charge in [-0.05, 0) is 37.2 Å². The number of Topliss-reactive ketones (excluding diaryl/α,β-unsaturated/α-hetero) is 1. The molecule has 4 heteroatoms. The lowest BCUT2D eigenvalue weighted by Gasteiger charge is -2.26. The number of hydrogen-bond donors (Lipinski definition) is 0. The molecule has 2 rings (SSSR count). The monoisotopic (exact) mass is 251 g/mol. The Morgan fingerprint density at radius 2 is 1.89 bits per heavy atom. The predicted molar refractivity (Wildman–Crippen MR) is 67.2 cm³/mol. The summed E-state index contributed by atoms with van der Waals surface area (Å²) < 4.78 is 18.0. The van der Waals surface area contributed by atoms with Crippen LogP contribution in [0.2, 0.25) is 0 Å². The molecule has 0 radical (unpaired) electrons. The Bertz CT molecular complexity index is 385. The van der Waals surface area contributed by atoms with Crippen LogP contribution >= 0.6 is 0 Å². The minimum absolute atomic E-state index is 0.0864. The van der Waals surface area contributed by atoms with Gasteiger partial charge in [-0.2, -0.15) is 0 Å². The van der Waals surface area contributed by atoms with Crippen LogP contribution in [0.3, 0.4) is 0 Å². The molecule has 1 aromatic rings. The van der Waals surface area contributed by atoms with Crippen molar-refractivity contribution in [1.82, 2.24) is 4.90 Å². The summed E-state index contributed by atoms with van der Waals surface area (Å²) in [5.74, 6) is -0.219. The molecule has 1 aliphatic heterocycles. The van der Waals surface area contributed by atoms with E-state index in [2.05, 4.69) is 4.90 Å². The molecule has 1 heterocycles. The fourth-order valence-corrected chi connectivity index (χ4v) is 2.07. The number of ketones is 1. The van der Waals surface area contributed by atoms with E-state index in [0.29, 0.717) is 12.0 Å². The standard InChI is InChI=1S/C14H18FNO2/c15-13-5-3-12(4-6-13)14(17)2-1-7-16-8-10-18-11-9-16/h3-6H,1-2,7-11H2. The van der Waals surface area contributed by atoms with Crippen LogP contribution < -0.4 is 0 Å². The fraction of sp³-hybridized carbons (Fsp3) is 0.500. The third kappa shape index (κ3) is 3.89. The van der Waals surface area contributed by atoms with Crippen molar-refractivity contribution >= 4 is 5.78 Å². The van der Waals surface area contributed by atoms with Crippen molar-refractivity contribution in [2.75, 3.05) is 32.8 Å². The molecule has 0 N–H and O–H groups in total. The Morgan fingerprint density at radius 1 is 1.22 bits per heavy atom. The highest BCUT2D eigenvalue weighted by Crippen LogP contribution is 2.08. The van der Waals surface area contributed by atoms with Gasteiger partial charge in [0, 0.05) is 25.1 Å². The van der Waals surface area contributed by atoms with Crippen LogP contribution in [0, 0.1) is 5.82 Å². The van der Waals surface area contributed by atoms with Crippen molar-refractivity contribution in [3.63, 3.8) is 0 Å². The number of nitrogens with zero attached hydrogens (tertiary/aromatic N) is 1. The summed E-state index contributed by atoms with van der Waals surface area (Å²) in [7, 11) is 0. The zero-order valence-electron chi connectivity index (χ0n) is 10.4. The molecule has 1 aliphatic rings. The van der Waals surface area contributed by atoms with Gasteiger partial charge in [0.2, 0.25) is 0 Å². The fourth-order valence-electron chi connectivity index (χ4n) is 2.07. The highest BCUT2D eigenvalue weighted by Gasteiger charge is 2.11. The highest BCUT2D eigenvalue weighted by molar-refractivity contribution is 5.95. The first-order valence-corrected chi connectivity index (χ1v) is 6.34. The first-order valence-electron chi connectivity index (χ1n) is 6.34. The second-order valence-corrected chi connectivity index (χ2v) is 4.49. The summed E-state index contributed by atoms with van der Waals surface area (Å²) in [6.45, 7) is 4.39. The molecule has 0 spiro atoms. The Labute approximate surface area is 107 Å². The number of carbonyl (C=O) groups is 1. The third-order valence-electron chi connectivity index (χ3n) is 3.15. The van der Waals surface area contributed by atoms with Gasteiger partial charge in [-0.25, -0.2) is 4.39 Å². The van der Waals surface area contributed by atoms with E-state index in [4.69, 9.17) is 4.74 Å². The zero-order chi connectivity index (χ0) is 12.8. The van der Waals surface area contributed by atoms with E-state index in [0.717, 1.165) is 39.3 Å². The molecule has 3 nitrogen and oxygen atoms in total. The summed E-state index contributed by atoms with van der Waals surface area (Å²) >= 11 is 0. The van der Waals surface area contributed by atoms with Crippen molar-refractivity contribution in [3.8, 4) is 0 Å². The van der Waals surface area contributed by atoms with E-state index < -0.39 is 0 Å². The van der Waals surface area contributed by atoms with Gasteiger partial charge in [0.05, 0.1) is 13.2 Å². The molecule has 1 aromatic carbocycles. The molecule has 0 bridgehead atoms. The summed E-state index contributed by atoms with van der Waals surface area (Å²) in [5, 5.41) is 0. The molecule has 0 aliphatic carbocycles. The van der Waals surface area contributed by atoms with Crippen molar-refractivity contribution in [1.29, 1.82) is 0 Å². The number of morpholine rings is 1. The van der Waals surface area contributed by atoms with Gasteiger partial charge < -0.3 is 4.74 Å². The lowest BCUT2D eigenvalue weighted by Crippen LogP contribution is -2.36. The number of halogens is 1. The summed E-state index contributed by atoms with van der Waals surface area (Å²) in [5.41, 5.74) is 0.596. The molecular weight excluding hydrogens is 233 g/mol. The third-order valence-corrected chi connectivity index (χ3v) is 3.15. The molecule has 18 heavy (non-hydrogen) atoms. The van der Waals surface area contributed by atoms with E-state index in [-0.39, 0.29) is 11.6 Å². The van der Waals surface area contributed by atoms with E-state index >= 15 is 0 Å². The van der Waals surface area contributed by atoms with Gasteiger partial charge in [-0.1, -0.05) is 0 Å². The van der Waals surface area contributed by atoms with Crippen molar-refractivity contribution < 1.29 is 13.9 Å². The van der Waals surface area contributed by atoms with Gasteiger partial charge in [-0.3, -0.25) is 9.69 Å². The summed E-state index contributed by atoms with van der Waals surface area (Å²) in [4.78, 5) is 14.1. The molecule has 0 aromatic heterocycles. The molecule has 98 valence electrons. The van der Waals surface area contributed by atoms with Crippen LogP contribution in [-0.2, 0) is 4.74 Å². The maximum atomic E-state index is 12.7. The Morgan fingerprint density at radius 3 is 2.56 bits per heavy atom. The van der Waals surface area contributed by atoms with Gasteiger partial charge in [-0.15, -0.1) is 0 Å². The minimum Gasteiger partial charge on any atom is -0.379 e. The number of benzene rings is 1. The first kappa shape index (κ1) is 13.2. The number of rotatable bonds is 5. The second-order valence-electron chi connectivity index (χ2n) is 4.49. The van der Waals surface area contributed by atoms with Crippen LogP contribution in [0.1, 0.15) is 23.2 Å². The zero-order valence-corrected chi connectivity index (χ0v) is 10.4. The molecule has 1 fully saturated rings. The van der Waals surface area contributed by atoms with E-state index in [1.807, 2.05) is 0 Å². The summed E-state index contributed by atoms with van der Waals surface area (Å²) in [6, 6.07) is 5.75. The normalized spacial score (nSPS) is 16.7. The van der Waals surface area contributed by atoms with Crippen molar-refractivity contribution in [2.24, 2.45) is 0 Å². The van der Waals surface area contributed by atoms with Crippen molar-refractivity contribution in [3.05, 3.63) is 35.6 Å². The average Bonchev–Trinajstić information content (AvgIpc) is 2.40. The SMILES string of the molecule is O=C(CCCN1CCOCC1)c1ccc(F)cc1. The smallest absolute Gasteiger partial charge is 0.162 e. The van der Waals surface area contributed by atoms with Gasteiger partial charge >= 0.3 is 0 Å². The Hall–Kier alpha value is -1.26. The average molecular weight is 251 g/mol. The quantitative estimate of drug-likeness (QED) is 0.751. The topological polar surface area (TPSA) is 29.5 Å². The number of hydrogen-bond acceptors (Lipinski definition) is 3. The van der Waals surface area contributed by atoms with Crippen LogP contribution in [0.15, 0.2) is 24.3 Å². The lowest BCUT2D eigenvalue weighted by atomic mass is 10.1. The Kier molecular flexibility index (Phi) is 4.84. The predicted octanol–water partition coefficient (Wildman–Crippen LogP) is 2.12. The molecule has 0 saturated carbocycles.